The topological polar surface area (TPSA) is 127 Å². The Balaban J connectivity index is -0.000000433. The summed E-state index contributed by atoms with van der Waals surface area (Å²) in [4.78, 5) is 0. The zero-order chi connectivity index (χ0) is 26.4. The van der Waals surface area contributed by atoms with Gasteiger partial charge in [0.15, 0.2) is 0 Å². The molecule has 0 aromatic rings. The standard InChI is InChI=1S/C12H26O3.2C6H14O3/c1-9(2)13-7-12(15-11(5)6)8-14-10(3)4;1-5(2)9-4-6(8)3-7;1-5(2)9-6(3-7)4-8/h9-12H,7-8H2,1-6H3;2*5-8H,3-4H2,1-2H3. The van der Waals surface area contributed by atoms with E-state index in [2.05, 4.69) is 0 Å². The van der Waals surface area contributed by atoms with Gasteiger partial charge >= 0.3 is 0 Å². The number of rotatable bonds is 16. The molecule has 0 bridgehead atoms. The minimum Gasteiger partial charge on any atom is -0.394 e. The van der Waals surface area contributed by atoms with Gasteiger partial charge < -0.3 is 44.1 Å². The lowest BCUT2D eigenvalue weighted by molar-refractivity contribution is -0.0992. The Morgan fingerprint density at radius 3 is 1.03 bits per heavy atom. The molecule has 1 atom stereocenters. The van der Waals surface area contributed by atoms with Crippen LogP contribution in [0.2, 0.25) is 0 Å². The van der Waals surface area contributed by atoms with Gasteiger partial charge in [0.1, 0.15) is 18.3 Å². The maximum absolute atomic E-state index is 8.73. The molecule has 0 saturated carbocycles. The van der Waals surface area contributed by atoms with Crippen molar-refractivity contribution in [2.24, 2.45) is 0 Å². The van der Waals surface area contributed by atoms with Crippen molar-refractivity contribution in [3.8, 4) is 0 Å². The number of hydrogen-bond acceptors (Lipinski definition) is 9. The fraction of sp³-hybridized carbons (Fsp3) is 1.00. The van der Waals surface area contributed by atoms with Crippen LogP contribution in [0.5, 0.6) is 0 Å². The van der Waals surface area contributed by atoms with Crippen molar-refractivity contribution in [3.63, 3.8) is 0 Å². The summed E-state index contributed by atoms with van der Waals surface area (Å²) in [5.41, 5.74) is 0. The highest BCUT2D eigenvalue weighted by Gasteiger charge is 2.13. The summed E-state index contributed by atoms with van der Waals surface area (Å²) in [6.07, 6.45) is -0.237. The van der Waals surface area contributed by atoms with Gasteiger partial charge in [0.05, 0.1) is 70.2 Å². The highest BCUT2D eigenvalue weighted by atomic mass is 16.6. The molecule has 0 aliphatic heterocycles. The lowest BCUT2D eigenvalue weighted by Gasteiger charge is -2.22. The van der Waals surface area contributed by atoms with E-state index in [4.69, 9.17) is 44.1 Å². The molecular weight excluding hydrogens is 432 g/mol. The molecule has 9 nitrogen and oxygen atoms in total. The molecule has 0 aliphatic carbocycles. The number of aliphatic hydroxyl groups is 4. The molecule has 204 valence electrons. The monoisotopic (exact) mass is 486 g/mol. The Labute approximate surface area is 202 Å². The average molecular weight is 487 g/mol. The molecule has 0 radical (unpaired) electrons. The Kier molecular flexibility index (Phi) is 27.9. The first-order valence-corrected chi connectivity index (χ1v) is 11.9. The second kappa shape index (κ2) is 24.8. The summed E-state index contributed by atoms with van der Waals surface area (Å²) >= 11 is 0. The van der Waals surface area contributed by atoms with Gasteiger partial charge in [-0.1, -0.05) is 0 Å². The van der Waals surface area contributed by atoms with E-state index in [9.17, 15) is 0 Å². The highest BCUT2D eigenvalue weighted by Crippen LogP contribution is 2.03. The van der Waals surface area contributed by atoms with Crippen molar-refractivity contribution in [2.45, 2.75) is 118 Å². The van der Waals surface area contributed by atoms with Crippen LogP contribution in [0.15, 0.2) is 0 Å². The van der Waals surface area contributed by atoms with Crippen molar-refractivity contribution in [3.05, 3.63) is 0 Å². The average Bonchev–Trinajstić information content (AvgIpc) is 2.72. The van der Waals surface area contributed by atoms with Gasteiger partial charge in [0.2, 0.25) is 0 Å². The second-order valence-corrected chi connectivity index (χ2v) is 8.96. The normalized spacial score (nSPS) is 12.6. The van der Waals surface area contributed by atoms with E-state index in [0.29, 0.717) is 13.2 Å². The third-order valence-corrected chi connectivity index (χ3v) is 3.40. The predicted octanol–water partition coefficient (Wildman–Crippen LogP) is 2.16. The smallest absolute Gasteiger partial charge is 0.104 e. The van der Waals surface area contributed by atoms with Gasteiger partial charge in [-0.15, -0.1) is 0 Å². The van der Waals surface area contributed by atoms with E-state index in [-0.39, 0.29) is 63.1 Å². The minimum absolute atomic E-state index is 0.0369. The minimum atomic E-state index is -0.729. The molecule has 9 heteroatoms. The van der Waals surface area contributed by atoms with Crippen molar-refractivity contribution in [2.75, 3.05) is 39.6 Å². The molecule has 1 unspecified atom stereocenters. The van der Waals surface area contributed by atoms with Crippen molar-refractivity contribution < 1.29 is 44.1 Å². The summed E-state index contributed by atoms with van der Waals surface area (Å²) in [6, 6.07) is 0. The lowest BCUT2D eigenvalue weighted by Crippen LogP contribution is -2.30. The number of ether oxygens (including phenoxy) is 5. The van der Waals surface area contributed by atoms with Crippen molar-refractivity contribution in [1.29, 1.82) is 0 Å². The molecule has 33 heavy (non-hydrogen) atoms. The van der Waals surface area contributed by atoms with Gasteiger partial charge in [0, 0.05) is 0 Å². The zero-order valence-corrected chi connectivity index (χ0v) is 22.7. The fourth-order valence-electron chi connectivity index (χ4n) is 2.00. The molecule has 0 rings (SSSR count). The largest absolute Gasteiger partial charge is 0.394 e. The molecule has 0 spiro atoms. The Bertz CT molecular complexity index is 361. The third-order valence-electron chi connectivity index (χ3n) is 3.40. The van der Waals surface area contributed by atoms with E-state index in [0.717, 1.165) is 0 Å². The molecule has 0 heterocycles. The molecule has 0 saturated heterocycles. The van der Waals surface area contributed by atoms with Gasteiger partial charge in [-0.25, -0.2) is 0 Å². The van der Waals surface area contributed by atoms with E-state index in [1.165, 1.54) is 0 Å². The van der Waals surface area contributed by atoms with Gasteiger partial charge in [-0.2, -0.15) is 0 Å². The Morgan fingerprint density at radius 2 is 0.788 bits per heavy atom. The van der Waals surface area contributed by atoms with E-state index < -0.39 is 12.2 Å². The highest BCUT2D eigenvalue weighted by molar-refractivity contribution is 4.59. The predicted molar refractivity (Wildman–Crippen MR) is 131 cm³/mol. The van der Waals surface area contributed by atoms with Crippen LogP contribution in [0.4, 0.5) is 0 Å². The summed E-state index contributed by atoms with van der Waals surface area (Å²) < 4.78 is 26.8. The van der Waals surface area contributed by atoms with E-state index >= 15 is 0 Å². The summed E-state index contributed by atoms with van der Waals surface area (Å²) in [7, 11) is 0. The van der Waals surface area contributed by atoms with E-state index in [1.54, 1.807) is 0 Å². The van der Waals surface area contributed by atoms with Crippen LogP contribution in [-0.4, -0.2) is 109 Å². The third kappa shape index (κ3) is 33.9. The number of hydrogen-bond donors (Lipinski definition) is 4. The number of aliphatic hydroxyl groups excluding tert-OH is 4. The summed E-state index contributed by atoms with van der Waals surface area (Å²) in [6.45, 7) is 20.6. The maximum atomic E-state index is 8.73. The molecule has 4 N–H and O–H groups in total. The van der Waals surface area contributed by atoms with Crippen LogP contribution in [-0.2, 0) is 23.7 Å². The van der Waals surface area contributed by atoms with Crippen LogP contribution in [0, 0.1) is 0 Å². The first-order chi connectivity index (χ1) is 15.3. The van der Waals surface area contributed by atoms with Gasteiger partial charge in [-0.05, 0) is 69.2 Å². The zero-order valence-electron chi connectivity index (χ0n) is 22.7. The van der Waals surface area contributed by atoms with Gasteiger partial charge in [-0.3, -0.25) is 0 Å². The molecule has 0 aromatic heterocycles. The Hall–Kier alpha value is -0.360. The molecule has 0 fully saturated rings. The van der Waals surface area contributed by atoms with Crippen LogP contribution in [0.1, 0.15) is 69.2 Å². The summed E-state index contributed by atoms with van der Waals surface area (Å²) in [5.74, 6) is 0. The van der Waals surface area contributed by atoms with Crippen LogP contribution in [0.3, 0.4) is 0 Å². The molecule has 0 aromatic carbocycles. The fourth-order valence-corrected chi connectivity index (χ4v) is 2.00. The maximum Gasteiger partial charge on any atom is 0.104 e. The summed E-state index contributed by atoms with van der Waals surface area (Å²) in [5, 5.41) is 34.0. The Morgan fingerprint density at radius 1 is 0.455 bits per heavy atom. The van der Waals surface area contributed by atoms with Gasteiger partial charge in [0.25, 0.3) is 0 Å². The van der Waals surface area contributed by atoms with Crippen LogP contribution in [0.25, 0.3) is 0 Å². The SMILES string of the molecule is CC(C)OC(CO)CO.CC(C)OCC(COC(C)C)OC(C)C.CC(C)OCC(O)CO. The second-order valence-electron chi connectivity index (χ2n) is 8.96. The first kappa shape index (κ1) is 37.2. The van der Waals surface area contributed by atoms with E-state index in [1.807, 2.05) is 69.2 Å². The first-order valence-electron chi connectivity index (χ1n) is 11.9. The molecule has 0 aliphatic rings. The van der Waals surface area contributed by atoms with Crippen LogP contribution >= 0.6 is 0 Å². The lowest BCUT2D eigenvalue weighted by atomic mass is 10.3. The van der Waals surface area contributed by atoms with Crippen LogP contribution < -0.4 is 0 Å². The molecule has 0 amide bonds. The molecular formula is C24H54O9. The van der Waals surface area contributed by atoms with Crippen molar-refractivity contribution in [1.82, 2.24) is 0 Å². The van der Waals surface area contributed by atoms with Crippen molar-refractivity contribution >= 4 is 0 Å². The quantitative estimate of drug-likeness (QED) is 0.259.